The van der Waals surface area contributed by atoms with Crippen LogP contribution in [0.5, 0.6) is 0 Å². The van der Waals surface area contributed by atoms with E-state index in [0.717, 1.165) is 38.5 Å². The van der Waals surface area contributed by atoms with Crippen LogP contribution < -0.4 is 0 Å². The molecule has 3 heteroatoms. The topological polar surface area (TPSA) is 40.9 Å². The van der Waals surface area contributed by atoms with Gasteiger partial charge in [-0.15, -0.1) is 11.6 Å². The lowest BCUT2D eigenvalue weighted by atomic mass is 9.59. The van der Waals surface area contributed by atoms with Crippen LogP contribution in [0.1, 0.15) is 38.5 Å². The van der Waals surface area contributed by atoms with E-state index in [9.17, 15) is 10.1 Å². The average Bonchev–Trinajstić information content (AvgIpc) is 2.24. The second kappa shape index (κ2) is 3.55. The summed E-state index contributed by atoms with van der Waals surface area (Å²) in [6.07, 6.45) is 5.63. The lowest BCUT2D eigenvalue weighted by molar-refractivity contribution is -0.132. The highest BCUT2D eigenvalue weighted by Gasteiger charge is 2.51. The first-order valence-corrected chi connectivity index (χ1v) is 5.74. The van der Waals surface area contributed by atoms with Crippen LogP contribution in [0, 0.1) is 22.7 Å². The molecular formula is C11H14ClNO. The molecule has 0 amide bonds. The number of carbonyl (C=O) groups excluding carboxylic acids is 1. The van der Waals surface area contributed by atoms with E-state index in [2.05, 4.69) is 6.07 Å². The highest BCUT2D eigenvalue weighted by Crippen LogP contribution is 2.48. The second-order valence-corrected chi connectivity index (χ2v) is 4.96. The zero-order chi connectivity index (χ0) is 10.2. The van der Waals surface area contributed by atoms with Crippen molar-refractivity contribution in [2.75, 3.05) is 0 Å². The van der Waals surface area contributed by atoms with E-state index < -0.39 is 10.8 Å². The maximum atomic E-state index is 12.0. The summed E-state index contributed by atoms with van der Waals surface area (Å²) in [6.45, 7) is 0. The largest absolute Gasteiger partial charge is 0.296 e. The molecule has 2 nitrogen and oxygen atoms in total. The smallest absolute Gasteiger partial charge is 0.171 e. The number of nitrogens with zero attached hydrogens (tertiary/aromatic N) is 1. The molecule has 2 saturated carbocycles. The van der Waals surface area contributed by atoms with Crippen LogP contribution in [-0.2, 0) is 4.79 Å². The molecule has 0 aromatic carbocycles. The molecule has 0 spiro atoms. The van der Waals surface area contributed by atoms with Crippen molar-refractivity contribution in [1.29, 1.82) is 5.26 Å². The Balaban J connectivity index is 2.33. The highest BCUT2D eigenvalue weighted by molar-refractivity contribution is 6.32. The predicted molar refractivity (Wildman–Crippen MR) is 53.9 cm³/mol. The van der Waals surface area contributed by atoms with Gasteiger partial charge in [-0.3, -0.25) is 4.79 Å². The molecule has 3 atom stereocenters. The second-order valence-electron chi connectivity index (χ2n) is 4.43. The van der Waals surface area contributed by atoms with Gasteiger partial charge in [0.25, 0.3) is 0 Å². The summed E-state index contributed by atoms with van der Waals surface area (Å²) in [4.78, 5) is 12.0. The third kappa shape index (κ3) is 1.26. The minimum absolute atomic E-state index is 0.00221. The van der Waals surface area contributed by atoms with Gasteiger partial charge in [0.2, 0.25) is 0 Å². The van der Waals surface area contributed by atoms with Crippen molar-refractivity contribution in [3.05, 3.63) is 0 Å². The standard InChI is InChI=1S/C11H14ClNO/c12-9-5-4-8-3-1-2-6-11(8,7-13)10(9)14/h8-9H,1-6H2/t8-,9+,11-/m1/s1. The molecule has 0 radical (unpaired) electrons. The summed E-state index contributed by atoms with van der Waals surface area (Å²) in [5.41, 5.74) is -0.719. The third-order valence-electron chi connectivity index (χ3n) is 3.76. The first-order valence-electron chi connectivity index (χ1n) is 5.30. The van der Waals surface area contributed by atoms with Crippen molar-refractivity contribution in [2.45, 2.75) is 43.9 Å². The van der Waals surface area contributed by atoms with Gasteiger partial charge < -0.3 is 0 Å². The van der Waals surface area contributed by atoms with Crippen LogP contribution in [-0.4, -0.2) is 11.2 Å². The van der Waals surface area contributed by atoms with Crippen LogP contribution in [0.25, 0.3) is 0 Å². The Morgan fingerprint density at radius 1 is 1.36 bits per heavy atom. The van der Waals surface area contributed by atoms with Gasteiger partial charge >= 0.3 is 0 Å². The Kier molecular flexibility index (Phi) is 2.53. The Bertz CT molecular complexity index is 296. The van der Waals surface area contributed by atoms with Gasteiger partial charge in [-0.2, -0.15) is 5.26 Å². The number of ketones is 1. The van der Waals surface area contributed by atoms with Gasteiger partial charge in [0.1, 0.15) is 5.41 Å². The zero-order valence-corrected chi connectivity index (χ0v) is 8.89. The maximum Gasteiger partial charge on any atom is 0.171 e. The molecule has 2 fully saturated rings. The quantitative estimate of drug-likeness (QED) is 0.578. The Labute approximate surface area is 89.2 Å². The van der Waals surface area contributed by atoms with E-state index in [1.54, 1.807) is 0 Å². The minimum atomic E-state index is -0.719. The number of hydrogen-bond donors (Lipinski definition) is 0. The zero-order valence-electron chi connectivity index (χ0n) is 8.13. The summed E-state index contributed by atoms with van der Waals surface area (Å²) >= 11 is 5.95. The van der Waals surface area contributed by atoms with E-state index in [1.807, 2.05) is 0 Å². The first-order chi connectivity index (χ1) is 6.70. The summed E-state index contributed by atoms with van der Waals surface area (Å²) in [5, 5.41) is 8.82. The van der Waals surface area contributed by atoms with Crippen molar-refractivity contribution >= 4 is 17.4 Å². The van der Waals surface area contributed by atoms with Gasteiger partial charge in [-0.05, 0) is 31.6 Å². The molecule has 14 heavy (non-hydrogen) atoms. The molecule has 0 bridgehead atoms. The van der Waals surface area contributed by atoms with E-state index in [0.29, 0.717) is 0 Å². The molecule has 0 heterocycles. The molecule has 0 N–H and O–H groups in total. The fourth-order valence-electron chi connectivity index (χ4n) is 2.92. The Morgan fingerprint density at radius 2 is 2.14 bits per heavy atom. The van der Waals surface area contributed by atoms with E-state index in [4.69, 9.17) is 11.6 Å². The fraction of sp³-hybridized carbons (Fsp3) is 0.818. The molecule has 0 aliphatic heterocycles. The molecule has 0 saturated heterocycles. The van der Waals surface area contributed by atoms with Crippen LogP contribution in [0.3, 0.4) is 0 Å². The van der Waals surface area contributed by atoms with E-state index in [-0.39, 0.29) is 11.7 Å². The van der Waals surface area contributed by atoms with Crippen molar-refractivity contribution in [3.63, 3.8) is 0 Å². The normalized spacial score (nSPS) is 42.7. The molecular weight excluding hydrogens is 198 g/mol. The van der Waals surface area contributed by atoms with Crippen LogP contribution >= 0.6 is 11.6 Å². The van der Waals surface area contributed by atoms with Gasteiger partial charge in [-0.1, -0.05) is 12.8 Å². The molecule has 0 unspecified atom stereocenters. The number of carbonyl (C=O) groups is 1. The number of halogens is 1. The van der Waals surface area contributed by atoms with Crippen molar-refractivity contribution in [3.8, 4) is 6.07 Å². The van der Waals surface area contributed by atoms with Crippen molar-refractivity contribution < 1.29 is 4.79 Å². The van der Waals surface area contributed by atoms with E-state index >= 15 is 0 Å². The van der Waals surface area contributed by atoms with Gasteiger partial charge in [0, 0.05) is 0 Å². The number of alkyl halides is 1. The number of fused-ring (bicyclic) bond motifs is 1. The molecule has 2 aliphatic carbocycles. The maximum absolute atomic E-state index is 12.0. The molecule has 0 aromatic rings. The first kappa shape index (κ1) is 9.98. The number of rotatable bonds is 0. The fourth-order valence-corrected chi connectivity index (χ4v) is 3.24. The molecule has 2 aliphatic rings. The van der Waals surface area contributed by atoms with Gasteiger partial charge in [0.05, 0.1) is 11.4 Å². The number of nitriles is 1. The van der Waals surface area contributed by atoms with Crippen LogP contribution in [0.15, 0.2) is 0 Å². The van der Waals surface area contributed by atoms with Crippen molar-refractivity contribution in [1.82, 2.24) is 0 Å². The Morgan fingerprint density at radius 3 is 2.86 bits per heavy atom. The van der Waals surface area contributed by atoms with Crippen LogP contribution in [0.4, 0.5) is 0 Å². The SMILES string of the molecule is N#C[C@]12CCCC[C@@H]1CC[C@H](Cl)C2=O. The average molecular weight is 212 g/mol. The lowest BCUT2D eigenvalue weighted by Crippen LogP contribution is -2.47. The van der Waals surface area contributed by atoms with Gasteiger partial charge in [0.15, 0.2) is 5.78 Å². The molecule has 76 valence electrons. The summed E-state index contributed by atoms with van der Waals surface area (Å²) < 4.78 is 0. The predicted octanol–water partition coefficient (Wildman–Crippen LogP) is 2.66. The Hall–Kier alpha value is -0.550. The minimum Gasteiger partial charge on any atom is -0.296 e. The van der Waals surface area contributed by atoms with E-state index in [1.165, 1.54) is 0 Å². The van der Waals surface area contributed by atoms with Crippen molar-refractivity contribution in [2.24, 2.45) is 11.3 Å². The summed E-state index contributed by atoms with van der Waals surface area (Å²) in [7, 11) is 0. The molecule has 2 rings (SSSR count). The monoisotopic (exact) mass is 211 g/mol. The lowest BCUT2D eigenvalue weighted by Gasteiger charge is -2.42. The number of Topliss-reactive ketones (excluding diaryl/α,β-unsaturated/α-hetero) is 1. The van der Waals surface area contributed by atoms with Crippen LogP contribution in [0.2, 0.25) is 0 Å². The summed E-state index contributed by atoms with van der Waals surface area (Å²) in [6, 6.07) is 2.27. The molecule has 0 aromatic heterocycles. The number of hydrogen-bond acceptors (Lipinski definition) is 2. The highest BCUT2D eigenvalue weighted by atomic mass is 35.5. The third-order valence-corrected chi connectivity index (χ3v) is 4.18. The van der Waals surface area contributed by atoms with Gasteiger partial charge in [-0.25, -0.2) is 0 Å². The summed E-state index contributed by atoms with van der Waals surface area (Å²) in [5.74, 6) is 0.279.